The predicted molar refractivity (Wildman–Crippen MR) is 153 cm³/mol. The van der Waals surface area contributed by atoms with Crippen molar-refractivity contribution in [1.82, 2.24) is 9.80 Å². The van der Waals surface area contributed by atoms with E-state index in [9.17, 15) is 14.4 Å². The molecule has 1 aliphatic carbocycles. The average molecular weight is 548 g/mol. The summed E-state index contributed by atoms with van der Waals surface area (Å²) in [6.45, 7) is 11.8. The number of methoxy groups -OCH3 is 1. The highest BCUT2D eigenvalue weighted by atomic mass is 16.6. The van der Waals surface area contributed by atoms with Crippen LogP contribution in [0.4, 0.5) is 10.5 Å². The van der Waals surface area contributed by atoms with Crippen molar-refractivity contribution in [2.75, 3.05) is 25.5 Å². The number of nitrogens with zero attached hydrogens (tertiary/aromatic N) is 2. The summed E-state index contributed by atoms with van der Waals surface area (Å²) in [6, 6.07) is 11.5. The average Bonchev–Trinajstić information content (AvgIpc) is 3.21. The van der Waals surface area contributed by atoms with Crippen LogP contribution in [0.25, 0.3) is 0 Å². The van der Waals surface area contributed by atoms with Gasteiger partial charge in [-0.3, -0.25) is 4.79 Å². The lowest BCUT2D eigenvalue weighted by Gasteiger charge is -2.53. The minimum atomic E-state index is -0.489. The van der Waals surface area contributed by atoms with E-state index in [0.29, 0.717) is 17.8 Å². The lowest BCUT2D eigenvalue weighted by Crippen LogP contribution is -2.61. The van der Waals surface area contributed by atoms with E-state index in [-0.39, 0.29) is 35.5 Å². The molecule has 40 heavy (non-hydrogen) atoms. The molecule has 0 radical (unpaired) electrons. The van der Waals surface area contributed by atoms with E-state index < -0.39 is 5.60 Å². The fourth-order valence-corrected chi connectivity index (χ4v) is 6.56. The highest BCUT2D eigenvalue weighted by Crippen LogP contribution is 2.46. The first kappa shape index (κ1) is 28.0. The molecule has 1 atom stereocenters. The maximum Gasteiger partial charge on any atom is 0.410 e. The molecule has 1 unspecified atom stereocenters. The lowest BCUT2D eigenvalue weighted by atomic mass is 9.67. The van der Waals surface area contributed by atoms with Crippen LogP contribution < -0.4 is 5.32 Å². The topological polar surface area (TPSA) is 88.2 Å². The fourth-order valence-electron chi connectivity index (χ4n) is 6.56. The Morgan fingerprint density at radius 1 is 1.10 bits per heavy atom. The second-order valence-electron chi connectivity index (χ2n) is 12.8. The number of aryl methyl sites for hydroxylation is 1. The summed E-state index contributed by atoms with van der Waals surface area (Å²) in [6.07, 6.45) is 3.66. The van der Waals surface area contributed by atoms with Crippen LogP contribution in [0, 0.1) is 12.3 Å². The number of likely N-dealkylation sites (tertiary alicyclic amines) is 1. The minimum Gasteiger partial charge on any atom is -0.465 e. The van der Waals surface area contributed by atoms with E-state index >= 15 is 0 Å². The first-order valence-corrected chi connectivity index (χ1v) is 14.3. The van der Waals surface area contributed by atoms with E-state index in [1.807, 2.05) is 56.9 Å². The Kier molecular flexibility index (Phi) is 7.31. The molecule has 8 nitrogen and oxygen atoms in total. The molecule has 0 aromatic heterocycles. The molecule has 2 fully saturated rings. The summed E-state index contributed by atoms with van der Waals surface area (Å²) in [7, 11) is 1.38. The summed E-state index contributed by atoms with van der Waals surface area (Å²) in [5, 5.41) is 3.49. The fraction of sp³-hybridized carbons (Fsp3) is 0.531. The molecule has 2 aromatic rings. The van der Waals surface area contributed by atoms with Crippen molar-refractivity contribution in [1.29, 1.82) is 0 Å². The highest BCUT2D eigenvalue weighted by Gasteiger charge is 2.49. The molecular weight excluding hydrogens is 506 g/mol. The van der Waals surface area contributed by atoms with Gasteiger partial charge in [0.2, 0.25) is 0 Å². The van der Waals surface area contributed by atoms with Crippen molar-refractivity contribution >= 4 is 23.7 Å². The van der Waals surface area contributed by atoms with Gasteiger partial charge in [0.05, 0.1) is 12.7 Å². The number of carbonyl (C=O) groups is 3. The van der Waals surface area contributed by atoms with Crippen LogP contribution in [0.3, 0.4) is 0 Å². The van der Waals surface area contributed by atoms with Crippen LogP contribution in [-0.2, 0) is 16.0 Å². The van der Waals surface area contributed by atoms with Gasteiger partial charge >= 0.3 is 12.1 Å². The van der Waals surface area contributed by atoms with Gasteiger partial charge in [-0.15, -0.1) is 0 Å². The number of para-hydroxylation sites is 1. The summed E-state index contributed by atoms with van der Waals surface area (Å²) in [5.41, 5.74) is 4.81. The normalized spacial score (nSPS) is 19.2. The number of ether oxygens (including phenoxy) is 2. The van der Waals surface area contributed by atoms with Gasteiger partial charge in [0, 0.05) is 48.4 Å². The van der Waals surface area contributed by atoms with Crippen molar-refractivity contribution in [2.24, 2.45) is 5.41 Å². The minimum absolute atomic E-state index is 0.104. The van der Waals surface area contributed by atoms with Gasteiger partial charge in [0.15, 0.2) is 0 Å². The number of hydrogen-bond donors (Lipinski definition) is 1. The van der Waals surface area contributed by atoms with E-state index in [2.05, 4.69) is 23.2 Å². The molecule has 1 saturated carbocycles. The van der Waals surface area contributed by atoms with Crippen LogP contribution in [0.5, 0.6) is 0 Å². The number of anilines is 1. The Morgan fingerprint density at radius 3 is 2.42 bits per heavy atom. The summed E-state index contributed by atoms with van der Waals surface area (Å²) in [5.74, 6) is -0.283. The third kappa shape index (κ3) is 5.40. The van der Waals surface area contributed by atoms with Gasteiger partial charge in [-0.25, -0.2) is 9.59 Å². The first-order chi connectivity index (χ1) is 18.9. The molecule has 2 aliphatic heterocycles. The van der Waals surface area contributed by atoms with Crippen molar-refractivity contribution in [3.63, 3.8) is 0 Å². The zero-order valence-electron chi connectivity index (χ0n) is 24.5. The molecule has 5 rings (SSSR count). The zero-order valence-corrected chi connectivity index (χ0v) is 24.5. The van der Waals surface area contributed by atoms with Gasteiger partial charge in [0.1, 0.15) is 5.60 Å². The van der Waals surface area contributed by atoms with Crippen LogP contribution in [0.15, 0.2) is 36.4 Å². The van der Waals surface area contributed by atoms with Gasteiger partial charge in [-0.05, 0) is 95.2 Å². The molecule has 2 aromatic carbocycles. The van der Waals surface area contributed by atoms with Crippen LogP contribution in [0.2, 0.25) is 0 Å². The molecule has 214 valence electrons. The maximum atomic E-state index is 13.7. The molecule has 8 heteroatoms. The summed E-state index contributed by atoms with van der Waals surface area (Å²) in [4.78, 5) is 42.2. The van der Waals surface area contributed by atoms with Crippen molar-refractivity contribution < 1.29 is 23.9 Å². The van der Waals surface area contributed by atoms with Crippen molar-refractivity contribution in [3.05, 3.63) is 64.2 Å². The number of hydrogen-bond acceptors (Lipinski definition) is 6. The molecule has 1 saturated heterocycles. The van der Waals surface area contributed by atoms with Gasteiger partial charge in [0.25, 0.3) is 5.91 Å². The molecule has 2 heterocycles. The third-order valence-corrected chi connectivity index (χ3v) is 8.58. The second-order valence-corrected chi connectivity index (χ2v) is 12.8. The van der Waals surface area contributed by atoms with E-state index in [1.165, 1.54) is 7.11 Å². The zero-order chi connectivity index (χ0) is 28.8. The van der Waals surface area contributed by atoms with E-state index in [1.54, 1.807) is 6.07 Å². The van der Waals surface area contributed by atoms with Crippen LogP contribution >= 0.6 is 0 Å². The first-order valence-electron chi connectivity index (χ1n) is 14.3. The van der Waals surface area contributed by atoms with Crippen LogP contribution in [-0.4, -0.2) is 59.6 Å². The van der Waals surface area contributed by atoms with Crippen molar-refractivity contribution in [2.45, 2.75) is 84.5 Å². The molecule has 2 amide bonds. The smallest absolute Gasteiger partial charge is 0.410 e. The number of esters is 1. The summed E-state index contributed by atoms with van der Waals surface area (Å²) < 4.78 is 10.5. The third-order valence-electron chi connectivity index (χ3n) is 8.58. The number of fused-ring (bicyclic) bond motifs is 1. The predicted octanol–water partition coefficient (Wildman–Crippen LogP) is 6.09. The molecule has 0 bridgehead atoms. The number of carbonyl (C=O) groups excluding carboxylic acids is 3. The van der Waals surface area contributed by atoms with E-state index in [0.717, 1.165) is 61.0 Å². The second kappa shape index (κ2) is 10.5. The molecule has 1 spiro atoms. The quantitative estimate of drug-likeness (QED) is 0.456. The number of nitrogens with one attached hydrogen (secondary N) is 1. The Labute approximate surface area is 237 Å². The summed E-state index contributed by atoms with van der Waals surface area (Å²) >= 11 is 0. The number of rotatable bonds is 5. The number of benzene rings is 2. The Hall–Kier alpha value is -3.55. The molecule has 3 aliphatic rings. The standard InChI is InChI=1S/C32H41N3O5/c1-20-15-24(21(2)33-27-10-8-7-9-23(27)29(37)39-6)26-17-35(28(36)25(26)16-20)22-11-13-32(14-12-22)18-34(19-32)30(38)40-31(3,4)5/h7-10,15-16,21-22,33H,11-14,17-19H2,1-6H3. The number of amides is 2. The van der Waals surface area contributed by atoms with E-state index in [4.69, 9.17) is 9.47 Å². The van der Waals surface area contributed by atoms with Gasteiger partial charge in [-0.2, -0.15) is 0 Å². The molecule has 1 N–H and O–H groups in total. The van der Waals surface area contributed by atoms with Crippen LogP contribution in [0.1, 0.15) is 96.8 Å². The molecular formula is C32H41N3O5. The largest absolute Gasteiger partial charge is 0.465 e. The SMILES string of the molecule is COC(=O)c1ccccc1NC(C)c1cc(C)cc2c1CN(C1CCC3(CC1)CN(C(=O)OC(C)(C)C)C3)C2=O. The van der Waals surface area contributed by atoms with Gasteiger partial charge in [-0.1, -0.05) is 18.2 Å². The Morgan fingerprint density at radius 2 is 1.77 bits per heavy atom. The van der Waals surface area contributed by atoms with Crippen molar-refractivity contribution in [3.8, 4) is 0 Å². The highest BCUT2D eigenvalue weighted by molar-refractivity contribution is 5.99. The Bertz CT molecular complexity index is 1310. The lowest BCUT2D eigenvalue weighted by molar-refractivity contribution is -0.0566. The Balaban J connectivity index is 1.26. The maximum absolute atomic E-state index is 13.7. The monoisotopic (exact) mass is 547 g/mol. The van der Waals surface area contributed by atoms with Gasteiger partial charge < -0.3 is 24.6 Å².